The quantitative estimate of drug-likeness (QED) is 0.685. The molecule has 0 aliphatic rings. The highest BCUT2D eigenvalue weighted by atomic mass is 16.5. The van der Waals surface area contributed by atoms with E-state index in [1.54, 1.807) is 6.92 Å². The van der Waals surface area contributed by atoms with Crippen LogP contribution in [0.25, 0.3) is 0 Å². The predicted molar refractivity (Wildman–Crippen MR) is 105 cm³/mol. The first-order chi connectivity index (χ1) is 12.5. The van der Waals surface area contributed by atoms with E-state index in [1.165, 1.54) is 11.1 Å². The van der Waals surface area contributed by atoms with Gasteiger partial charge >= 0.3 is 0 Å². The van der Waals surface area contributed by atoms with Crippen molar-refractivity contribution in [2.75, 3.05) is 13.2 Å². The first-order valence-corrected chi connectivity index (χ1v) is 9.23. The monoisotopic (exact) mass is 355 g/mol. The van der Waals surface area contributed by atoms with Crippen LogP contribution in [0.2, 0.25) is 0 Å². The molecule has 4 nitrogen and oxygen atoms in total. The molecule has 0 spiro atoms. The zero-order chi connectivity index (χ0) is 18.9. The molecule has 0 unspecified atom stereocenters. The summed E-state index contributed by atoms with van der Waals surface area (Å²) >= 11 is 0. The molecule has 0 fully saturated rings. The molecule has 1 N–H and O–H groups in total. The number of carbonyl (C=O) groups excluding carboxylic acids is 1. The largest absolute Gasteiger partial charge is 0.494 e. The van der Waals surface area contributed by atoms with Gasteiger partial charge in [0.25, 0.3) is 5.91 Å². The number of hydrogen-bond acceptors (Lipinski definition) is 3. The molecule has 0 radical (unpaired) electrons. The van der Waals surface area contributed by atoms with E-state index < -0.39 is 6.10 Å². The van der Waals surface area contributed by atoms with Crippen LogP contribution in [0.4, 0.5) is 0 Å². The summed E-state index contributed by atoms with van der Waals surface area (Å²) in [4.78, 5) is 12.2. The summed E-state index contributed by atoms with van der Waals surface area (Å²) in [6.07, 6.45) is 1.29. The van der Waals surface area contributed by atoms with Gasteiger partial charge in [0.05, 0.1) is 6.61 Å². The number of hydrogen-bond donors (Lipinski definition) is 1. The summed E-state index contributed by atoms with van der Waals surface area (Å²) in [6, 6.07) is 14.0. The number of rotatable bonds is 9. The van der Waals surface area contributed by atoms with Crippen LogP contribution in [0, 0.1) is 13.8 Å². The Morgan fingerprint density at radius 2 is 1.73 bits per heavy atom. The normalized spacial score (nSPS) is 11.7. The SMILES string of the molecule is CCOc1ccc(CCCNC(=O)[C@H](C)Oc2ccc(C)c(C)c2)cc1. The first kappa shape index (κ1) is 19.8. The summed E-state index contributed by atoms with van der Waals surface area (Å²) in [5.41, 5.74) is 3.61. The summed E-state index contributed by atoms with van der Waals surface area (Å²) in [5, 5.41) is 2.94. The Kier molecular flexibility index (Phi) is 7.52. The Labute approximate surface area is 156 Å². The topological polar surface area (TPSA) is 47.6 Å². The zero-order valence-corrected chi connectivity index (χ0v) is 16.2. The predicted octanol–water partition coefficient (Wildman–Crippen LogP) is 4.22. The van der Waals surface area contributed by atoms with E-state index in [0.29, 0.717) is 13.2 Å². The van der Waals surface area contributed by atoms with E-state index in [2.05, 4.69) is 24.4 Å². The lowest BCUT2D eigenvalue weighted by Crippen LogP contribution is -2.36. The fraction of sp³-hybridized carbons (Fsp3) is 0.409. The van der Waals surface area contributed by atoms with Crippen molar-refractivity contribution in [3.05, 3.63) is 59.2 Å². The van der Waals surface area contributed by atoms with Crippen molar-refractivity contribution in [2.24, 2.45) is 0 Å². The molecule has 0 aromatic heterocycles. The van der Waals surface area contributed by atoms with Gasteiger partial charge in [-0.15, -0.1) is 0 Å². The highest BCUT2D eigenvalue weighted by Crippen LogP contribution is 2.18. The number of nitrogens with one attached hydrogen (secondary N) is 1. The second kappa shape index (κ2) is 9.85. The molecule has 0 heterocycles. The van der Waals surface area contributed by atoms with E-state index in [-0.39, 0.29) is 5.91 Å². The maximum absolute atomic E-state index is 12.2. The number of benzene rings is 2. The Hall–Kier alpha value is -2.49. The van der Waals surface area contributed by atoms with Gasteiger partial charge in [0.1, 0.15) is 11.5 Å². The van der Waals surface area contributed by atoms with Gasteiger partial charge in [-0.2, -0.15) is 0 Å². The molecule has 0 aliphatic carbocycles. The molecule has 2 aromatic carbocycles. The van der Waals surface area contributed by atoms with Crippen LogP contribution in [-0.4, -0.2) is 25.2 Å². The van der Waals surface area contributed by atoms with E-state index >= 15 is 0 Å². The average Bonchev–Trinajstić information content (AvgIpc) is 2.63. The molecule has 0 aliphatic heterocycles. The van der Waals surface area contributed by atoms with Crippen molar-refractivity contribution < 1.29 is 14.3 Å². The van der Waals surface area contributed by atoms with Crippen LogP contribution in [0.15, 0.2) is 42.5 Å². The number of ether oxygens (including phenoxy) is 2. The summed E-state index contributed by atoms with van der Waals surface area (Å²) < 4.78 is 11.2. The minimum absolute atomic E-state index is 0.0880. The molecule has 2 aromatic rings. The van der Waals surface area contributed by atoms with Crippen molar-refractivity contribution in [1.29, 1.82) is 0 Å². The van der Waals surface area contributed by atoms with Gasteiger partial charge in [0.15, 0.2) is 6.10 Å². The highest BCUT2D eigenvalue weighted by molar-refractivity contribution is 5.80. The number of carbonyl (C=O) groups is 1. The molecular formula is C22H29NO3. The first-order valence-electron chi connectivity index (χ1n) is 9.23. The lowest BCUT2D eigenvalue weighted by molar-refractivity contribution is -0.127. The van der Waals surface area contributed by atoms with Gasteiger partial charge < -0.3 is 14.8 Å². The third-order valence-corrected chi connectivity index (χ3v) is 4.34. The Balaban J connectivity index is 1.71. The highest BCUT2D eigenvalue weighted by Gasteiger charge is 2.14. The summed E-state index contributed by atoms with van der Waals surface area (Å²) in [5.74, 6) is 1.53. The van der Waals surface area contributed by atoms with Crippen LogP contribution >= 0.6 is 0 Å². The van der Waals surface area contributed by atoms with E-state index in [4.69, 9.17) is 9.47 Å². The van der Waals surface area contributed by atoms with Crippen LogP contribution in [0.5, 0.6) is 11.5 Å². The van der Waals surface area contributed by atoms with Crippen LogP contribution in [0.1, 0.15) is 37.0 Å². The van der Waals surface area contributed by atoms with Crippen molar-refractivity contribution in [3.8, 4) is 11.5 Å². The standard InChI is InChI=1S/C22H29NO3/c1-5-25-20-12-9-19(10-13-20)7-6-14-23-22(24)18(4)26-21-11-8-16(2)17(3)15-21/h8-13,15,18H,5-7,14H2,1-4H3,(H,23,24)/t18-/m0/s1. The average molecular weight is 355 g/mol. The molecule has 1 atom stereocenters. The molecule has 1 amide bonds. The maximum atomic E-state index is 12.2. The van der Waals surface area contributed by atoms with E-state index in [0.717, 1.165) is 29.9 Å². The molecule has 26 heavy (non-hydrogen) atoms. The molecule has 140 valence electrons. The summed E-state index contributed by atoms with van der Waals surface area (Å²) in [7, 11) is 0. The molecular weight excluding hydrogens is 326 g/mol. The number of aryl methyl sites for hydroxylation is 3. The van der Waals surface area contributed by atoms with Crippen molar-refractivity contribution in [3.63, 3.8) is 0 Å². The van der Waals surface area contributed by atoms with Gasteiger partial charge in [0, 0.05) is 6.54 Å². The second-order valence-corrected chi connectivity index (χ2v) is 6.48. The third-order valence-electron chi connectivity index (χ3n) is 4.34. The lowest BCUT2D eigenvalue weighted by atomic mass is 10.1. The minimum atomic E-state index is -0.511. The van der Waals surface area contributed by atoms with Crippen LogP contribution < -0.4 is 14.8 Å². The molecule has 4 heteroatoms. The third kappa shape index (κ3) is 6.10. The minimum Gasteiger partial charge on any atom is -0.494 e. The summed E-state index contributed by atoms with van der Waals surface area (Å²) in [6.45, 7) is 9.15. The molecule has 0 saturated carbocycles. The smallest absolute Gasteiger partial charge is 0.260 e. The Morgan fingerprint density at radius 3 is 2.38 bits per heavy atom. The molecule has 2 rings (SSSR count). The van der Waals surface area contributed by atoms with Gasteiger partial charge in [-0.1, -0.05) is 18.2 Å². The molecule has 0 saturated heterocycles. The zero-order valence-electron chi connectivity index (χ0n) is 16.2. The van der Waals surface area contributed by atoms with Crippen molar-refractivity contribution in [2.45, 2.75) is 46.6 Å². The fourth-order valence-electron chi connectivity index (χ4n) is 2.61. The fourth-order valence-corrected chi connectivity index (χ4v) is 2.61. The number of amides is 1. The van der Waals surface area contributed by atoms with Crippen LogP contribution in [0.3, 0.4) is 0 Å². The van der Waals surface area contributed by atoms with Gasteiger partial charge in [-0.25, -0.2) is 0 Å². The van der Waals surface area contributed by atoms with Gasteiger partial charge in [-0.3, -0.25) is 4.79 Å². The van der Waals surface area contributed by atoms with E-state index in [1.807, 2.05) is 44.2 Å². The Morgan fingerprint density at radius 1 is 1.04 bits per heavy atom. The lowest BCUT2D eigenvalue weighted by Gasteiger charge is -2.15. The van der Waals surface area contributed by atoms with Gasteiger partial charge in [-0.05, 0) is 81.5 Å². The molecule has 0 bridgehead atoms. The van der Waals surface area contributed by atoms with Gasteiger partial charge in [0.2, 0.25) is 0 Å². The van der Waals surface area contributed by atoms with E-state index in [9.17, 15) is 4.79 Å². The van der Waals surface area contributed by atoms with Crippen LogP contribution in [-0.2, 0) is 11.2 Å². The second-order valence-electron chi connectivity index (χ2n) is 6.48. The van der Waals surface area contributed by atoms with Crippen molar-refractivity contribution >= 4 is 5.91 Å². The Bertz CT molecular complexity index is 710. The van der Waals surface area contributed by atoms with Crippen molar-refractivity contribution in [1.82, 2.24) is 5.32 Å². The maximum Gasteiger partial charge on any atom is 0.260 e.